The molecule has 0 aliphatic rings. The number of fused-ring (bicyclic) bond motifs is 1. The molecule has 0 saturated carbocycles. The lowest BCUT2D eigenvalue weighted by molar-refractivity contribution is -0.142. The van der Waals surface area contributed by atoms with Gasteiger partial charge in [0.1, 0.15) is 0 Å². The van der Waals surface area contributed by atoms with E-state index in [0.29, 0.717) is 19.6 Å². The van der Waals surface area contributed by atoms with E-state index < -0.39 is 0 Å². The Labute approximate surface area is 105 Å². The number of carbonyl (C=O) groups excluding carboxylic acids is 1. The van der Waals surface area contributed by atoms with Crippen molar-refractivity contribution >= 4 is 22.6 Å². The van der Waals surface area contributed by atoms with Crippen LogP contribution in [0.15, 0.2) is 30.5 Å². The van der Waals surface area contributed by atoms with Crippen LogP contribution in [-0.4, -0.2) is 29.3 Å². The quantitative estimate of drug-likeness (QED) is 0.816. The first kappa shape index (κ1) is 12.3. The summed E-state index contributed by atoms with van der Waals surface area (Å²) in [6.45, 7) is 2.73. The van der Waals surface area contributed by atoms with Crippen LogP contribution in [0.4, 0.5) is 5.69 Å². The summed E-state index contributed by atoms with van der Waals surface area (Å²) >= 11 is 0. The summed E-state index contributed by atoms with van der Waals surface area (Å²) in [4.78, 5) is 11.2. The van der Waals surface area contributed by atoms with E-state index in [4.69, 9.17) is 4.74 Å². The van der Waals surface area contributed by atoms with E-state index in [1.54, 1.807) is 13.1 Å². The Kier molecular flexibility index (Phi) is 4.06. The van der Waals surface area contributed by atoms with Crippen molar-refractivity contribution in [3.05, 3.63) is 30.5 Å². The number of rotatable bonds is 5. The van der Waals surface area contributed by atoms with Crippen LogP contribution in [0.1, 0.15) is 13.3 Å². The summed E-state index contributed by atoms with van der Waals surface area (Å²) < 4.78 is 4.86. The van der Waals surface area contributed by atoms with Gasteiger partial charge in [0.25, 0.3) is 0 Å². The SMILES string of the molecule is CCOC(=O)CCNc1cnnc2ccccc12. The van der Waals surface area contributed by atoms with E-state index in [1.807, 2.05) is 24.3 Å². The van der Waals surface area contributed by atoms with Crippen LogP contribution in [0, 0.1) is 0 Å². The number of aromatic nitrogens is 2. The third-order valence-corrected chi connectivity index (χ3v) is 2.50. The molecule has 1 aromatic heterocycles. The number of hydrogen-bond donors (Lipinski definition) is 1. The minimum absolute atomic E-state index is 0.198. The minimum atomic E-state index is -0.198. The largest absolute Gasteiger partial charge is 0.466 e. The summed E-state index contributed by atoms with van der Waals surface area (Å²) in [5.41, 5.74) is 1.71. The molecule has 0 atom stereocenters. The number of benzene rings is 1. The second-order valence-electron chi connectivity index (χ2n) is 3.76. The van der Waals surface area contributed by atoms with Crippen molar-refractivity contribution in [2.45, 2.75) is 13.3 Å². The summed E-state index contributed by atoms with van der Waals surface area (Å²) in [5.74, 6) is -0.198. The molecule has 0 aliphatic heterocycles. The topological polar surface area (TPSA) is 64.1 Å². The van der Waals surface area contributed by atoms with Crippen LogP contribution < -0.4 is 5.32 Å². The zero-order valence-corrected chi connectivity index (χ0v) is 10.2. The first-order valence-electron chi connectivity index (χ1n) is 5.91. The molecule has 2 rings (SSSR count). The van der Waals surface area contributed by atoms with Gasteiger partial charge in [-0.15, -0.1) is 0 Å². The molecule has 18 heavy (non-hydrogen) atoms. The van der Waals surface area contributed by atoms with E-state index in [1.165, 1.54) is 0 Å². The summed E-state index contributed by atoms with van der Waals surface area (Å²) in [5, 5.41) is 12.1. The van der Waals surface area contributed by atoms with Crippen LogP contribution >= 0.6 is 0 Å². The van der Waals surface area contributed by atoms with Crippen LogP contribution in [0.2, 0.25) is 0 Å². The van der Waals surface area contributed by atoms with Gasteiger partial charge in [-0.3, -0.25) is 4.79 Å². The van der Waals surface area contributed by atoms with Gasteiger partial charge in [0.05, 0.1) is 30.4 Å². The van der Waals surface area contributed by atoms with Gasteiger partial charge in [0.15, 0.2) is 0 Å². The Morgan fingerprint density at radius 1 is 1.39 bits per heavy atom. The second kappa shape index (κ2) is 5.95. The van der Waals surface area contributed by atoms with E-state index >= 15 is 0 Å². The molecule has 2 aromatic rings. The maximum Gasteiger partial charge on any atom is 0.307 e. The molecule has 0 aliphatic carbocycles. The monoisotopic (exact) mass is 245 g/mol. The molecule has 0 saturated heterocycles. The Balaban J connectivity index is 2.01. The normalized spacial score (nSPS) is 10.3. The van der Waals surface area contributed by atoms with Gasteiger partial charge < -0.3 is 10.1 Å². The molecule has 1 aromatic carbocycles. The van der Waals surface area contributed by atoms with Gasteiger partial charge in [0, 0.05) is 11.9 Å². The number of nitrogens with zero attached hydrogens (tertiary/aromatic N) is 2. The molecule has 0 spiro atoms. The van der Waals surface area contributed by atoms with E-state index in [-0.39, 0.29) is 5.97 Å². The number of hydrogen-bond acceptors (Lipinski definition) is 5. The van der Waals surface area contributed by atoms with Crippen molar-refractivity contribution in [2.75, 3.05) is 18.5 Å². The van der Waals surface area contributed by atoms with Gasteiger partial charge in [-0.25, -0.2) is 0 Å². The van der Waals surface area contributed by atoms with Gasteiger partial charge in [0.2, 0.25) is 0 Å². The molecule has 0 amide bonds. The Morgan fingerprint density at radius 2 is 2.22 bits per heavy atom. The minimum Gasteiger partial charge on any atom is -0.466 e. The lowest BCUT2D eigenvalue weighted by Crippen LogP contribution is -2.11. The second-order valence-corrected chi connectivity index (χ2v) is 3.76. The predicted molar refractivity (Wildman–Crippen MR) is 69.3 cm³/mol. The number of esters is 1. The fourth-order valence-electron chi connectivity index (χ4n) is 1.68. The maximum absolute atomic E-state index is 11.2. The summed E-state index contributed by atoms with van der Waals surface area (Å²) in [6, 6.07) is 7.73. The first-order valence-corrected chi connectivity index (χ1v) is 5.91. The van der Waals surface area contributed by atoms with Gasteiger partial charge in [-0.05, 0) is 13.0 Å². The third kappa shape index (κ3) is 2.94. The Morgan fingerprint density at radius 3 is 3.06 bits per heavy atom. The number of carbonyl (C=O) groups is 1. The molecule has 0 bridgehead atoms. The van der Waals surface area contributed by atoms with Crippen molar-refractivity contribution in [1.82, 2.24) is 10.2 Å². The molecule has 5 nitrogen and oxygen atoms in total. The average molecular weight is 245 g/mol. The van der Waals surface area contributed by atoms with Gasteiger partial charge >= 0.3 is 5.97 Å². The van der Waals surface area contributed by atoms with Crippen molar-refractivity contribution < 1.29 is 9.53 Å². The van der Waals surface area contributed by atoms with Gasteiger partial charge in [-0.2, -0.15) is 10.2 Å². The van der Waals surface area contributed by atoms with Crippen LogP contribution in [-0.2, 0) is 9.53 Å². The summed E-state index contributed by atoms with van der Waals surface area (Å²) in [6.07, 6.45) is 2.00. The third-order valence-electron chi connectivity index (χ3n) is 2.50. The van der Waals surface area contributed by atoms with Crippen LogP contribution in [0.25, 0.3) is 10.9 Å². The van der Waals surface area contributed by atoms with E-state index in [0.717, 1.165) is 16.6 Å². The standard InChI is InChI=1S/C13H15N3O2/c1-2-18-13(17)7-8-14-12-9-15-16-11-6-4-3-5-10(11)12/h3-6,9H,2,7-8H2,1H3,(H,14,16). The number of nitrogens with one attached hydrogen (secondary N) is 1. The van der Waals surface area contributed by atoms with Crippen molar-refractivity contribution in [1.29, 1.82) is 0 Å². The first-order chi connectivity index (χ1) is 8.81. The summed E-state index contributed by atoms with van der Waals surface area (Å²) in [7, 11) is 0. The number of ether oxygens (including phenoxy) is 1. The Hall–Kier alpha value is -2.17. The lowest BCUT2D eigenvalue weighted by Gasteiger charge is -2.08. The predicted octanol–water partition coefficient (Wildman–Crippen LogP) is 1.99. The highest BCUT2D eigenvalue weighted by molar-refractivity contribution is 5.90. The Bertz CT molecular complexity index is 537. The van der Waals surface area contributed by atoms with Crippen LogP contribution in [0.3, 0.4) is 0 Å². The lowest BCUT2D eigenvalue weighted by atomic mass is 10.2. The van der Waals surface area contributed by atoms with E-state index in [2.05, 4.69) is 15.5 Å². The zero-order valence-electron chi connectivity index (χ0n) is 10.2. The molecule has 1 N–H and O–H groups in total. The molecule has 1 heterocycles. The number of anilines is 1. The molecule has 0 radical (unpaired) electrons. The highest BCUT2D eigenvalue weighted by atomic mass is 16.5. The highest BCUT2D eigenvalue weighted by Crippen LogP contribution is 2.19. The molecule has 0 unspecified atom stereocenters. The van der Waals surface area contributed by atoms with Crippen molar-refractivity contribution in [2.24, 2.45) is 0 Å². The molecular weight excluding hydrogens is 230 g/mol. The van der Waals surface area contributed by atoms with Crippen LogP contribution in [0.5, 0.6) is 0 Å². The molecule has 0 fully saturated rings. The molecule has 94 valence electrons. The molecule has 5 heteroatoms. The van der Waals surface area contributed by atoms with Gasteiger partial charge in [-0.1, -0.05) is 18.2 Å². The smallest absolute Gasteiger partial charge is 0.307 e. The average Bonchev–Trinajstić information content (AvgIpc) is 2.39. The fraction of sp³-hybridized carbons (Fsp3) is 0.308. The zero-order chi connectivity index (χ0) is 12.8. The maximum atomic E-state index is 11.2. The van der Waals surface area contributed by atoms with Crippen molar-refractivity contribution in [3.8, 4) is 0 Å². The molecular formula is C13H15N3O2. The van der Waals surface area contributed by atoms with E-state index in [9.17, 15) is 4.79 Å². The highest BCUT2D eigenvalue weighted by Gasteiger charge is 2.04. The fourth-order valence-corrected chi connectivity index (χ4v) is 1.68. The van der Waals surface area contributed by atoms with Crippen molar-refractivity contribution in [3.63, 3.8) is 0 Å².